The molecule has 5 heteroatoms. The Kier molecular flexibility index (Phi) is 4.48. The van der Waals surface area contributed by atoms with Crippen molar-refractivity contribution in [2.24, 2.45) is 5.73 Å². The lowest BCUT2D eigenvalue weighted by Gasteiger charge is -2.18. The minimum Gasteiger partial charge on any atom is -0.496 e. The third kappa shape index (κ3) is 2.96. The predicted octanol–water partition coefficient (Wildman–Crippen LogP) is 2.00. The second-order valence-electron chi connectivity index (χ2n) is 4.58. The lowest BCUT2D eigenvalue weighted by atomic mass is 10.1. The minimum absolute atomic E-state index is 0.299. The maximum absolute atomic E-state index is 5.92. The fourth-order valence-corrected chi connectivity index (χ4v) is 2.78. The fourth-order valence-electron chi connectivity index (χ4n) is 2.29. The maximum Gasteiger partial charge on any atom is 0.133 e. The van der Waals surface area contributed by atoms with Gasteiger partial charge in [0.2, 0.25) is 0 Å². The first kappa shape index (κ1) is 13.6. The molecule has 1 aliphatic rings. The lowest BCUT2D eigenvalue weighted by Crippen LogP contribution is -2.26. The van der Waals surface area contributed by atoms with Gasteiger partial charge in [0.1, 0.15) is 11.5 Å². The zero-order chi connectivity index (χ0) is 13.1. The summed E-state index contributed by atoms with van der Waals surface area (Å²) < 4.78 is 11.7. The van der Waals surface area contributed by atoms with Crippen LogP contribution in [0.5, 0.6) is 11.5 Å². The number of nitrogens with zero attached hydrogens (tertiary/aromatic N) is 1. The van der Waals surface area contributed by atoms with Gasteiger partial charge in [-0.1, -0.05) is 0 Å². The van der Waals surface area contributed by atoms with Crippen LogP contribution in [-0.2, 0) is 6.54 Å². The molecule has 0 spiro atoms. The molecule has 0 radical (unpaired) electrons. The Hall–Kier alpha value is -0.780. The minimum atomic E-state index is 0.299. The molecule has 0 aromatic heterocycles. The van der Waals surface area contributed by atoms with Crippen molar-refractivity contribution in [2.45, 2.75) is 19.0 Å². The molecule has 1 aliphatic heterocycles. The Bertz CT molecular complexity index is 426. The topological polar surface area (TPSA) is 47.7 Å². The fraction of sp³-hybridized carbons (Fsp3) is 0.538. The summed E-state index contributed by atoms with van der Waals surface area (Å²) in [7, 11) is 3.36. The largest absolute Gasteiger partial charge is 0.496 e. The summed E-state index contributed by atoms with van der Waals surface area (Å²) in [5, 5.41) is 0. The van der Waals surface area contributed by atoms with Gasteiger partial charge in [-0.3, -0.25) is 4.90 Å². The van der Waals surface area contributed by atoms with Crippen molar-refractivity contribution >= 4 is 15.9 Å². The van der Waals surface area contributed by atoms with Crippen LogP contribution >= 0.6 is 15.9 Å². The van der Waals surface area contributed by atoms with E-state index in [4.69, 9.17) is 15.2 Å². The smallest absolute Gasteiger partial charge is 0.133 e. The van der Waals surface area contributed by atoms with Crippen molar-refractivity contribution in [3.8, 4) is 11.5 Å². The highest BCUT2D eigenvalue weighted by Gasteiger charge is 2.21. The molecule has 0 amide bonds. The number of halogens is 1. The highest BCUT2D eigenvalue weighted by Crippen LogP contribution is 2.33. The standard InChI is InChI=1S/C13H19BrN2O2/c1-17-12-6-11(14)13(18-2)5-9(12)7-16-4-3-10(15)8-16/h5-6,10H,3-4,7-8,15H2,1-2H3/t10-/m1/s1. The average molecular weight is 315 g/mol. The SMILES string of the molecule is COc1cc(CN2CC[C@@H](N)C2)c(OC)cc1Br. The number of methoxy groups -OCH3 is 2. The first-order valence-electron chi connectivity index (χ1n) is 6.02. The summed E-state index contributed by atoms with van der Waals surface area (Å²) in [6, 6.07) is 4.27. The number of ether oxygens (including phenoxy) is 2. The second-order valence-corrected chi connectivity index (χ2v) is 5.44. The van der Waals surface area contributed by atoms with Gasteiger partial charge in [0.25, 0.3) is 0 Å². The molecule has 1 saturated heterocycles. The molecule has 1 aromatic carbocycles. The quantitative estimate of drug-likeness (QED) is 0.923. The highest BCUT2D eigenvalue weighted by atomic mass is 79.9. The molecular formula is C13H19BrN2O2. The number of hydrogen-bond acceptors (Lipinski definition) is 4. The molecule has 1 heterocycles. The Labute approximate surface area is 116 Å². The molecule has 1 atom stereocenters. The van der Waals surface area contributed by atoms with Gasteiger partial charge in [0.15, 0.2) is 0 Å². The van der Waals surface area contributed by atoms with Gasteiger partial charge < -0.3 is 15.2 Å². The third-order valence-corrected chi connectivity index (χ3v) is 3.88. The van der Waals surface area contributed by atoms with Crippen molar-refractivity contribution < 1.29 is 9.47 Å². The van der Waals surface area contributed by atoms with E-state index in [0.717, 1.165) is 47.6 Å². The molecule has 2 rings (SSSR count). The van der Waals surface area contributed by atoms with Crippen LogP contribution in [0.4, 0.5) is 0 Å². The Morgan fingerprint density at radius 1 is 1.33 bits per heavy atom. The van der Waals surface area contributed by atoms with E-state index in [-0.39, 0.29) is 0 Å². The van der Waals surface area contributed by atoms with Crippen LogP contribution in [-0.4, -0.2) is 38.3 Å². The average Bonchev–Trinajstić information content (AvgIpc) is 2.76. The van der Waals surface area contributed by atoms with Crippen molar-refractivity contribution in [1.29, 1.82) is 0 Å². The van der Waals surface area contributed by atoms with E-state index >= 15 is 0 Å². The number of nitrogens with two attached hydrogens (primary N) is 1. The van der Waals surface area contributed by atoms with E-state index in [0.29, 0.717) is 6.04 Å². The number of rotatable bonds is 4. The normalized spacial score (nSPS) is 20.1. The predicted molar refractivity (Wildman–Crippen MR) is 75.1 cm³/mol. The maximum atomic E-state index is 5.92. The molecule has 0 saturated carbocycles. The summed E-state index contributed by atoms with van der Waals surface area (Å²) in [6.07, 6.45) is 1.07. The Morgan fingerprint density at radius 2 is 2.06 bits per heavy atom. The molecule has 18 heavy (non-hydrogen) atoms. The Morgan fingerprint density at radius 3 is 2.61 bits per heavy atom. The van der Waals surface area contributed by atoms with Gasteiger partial charge in [-0.15, -0.1) is 0 Å². The van der Waals surface area contributed by atoms with Crippen LogP contribution < -0.4 is 15.2 Å². The molecular weight excluding hydrogens is 296 g/mol. The van der Waals surface area contributed by atoms with Gasteiger partial charge in [0, 0.05) is 31.2 Å². The molecule has 0 unspecified atom stereocenters. The van der Waals surface area contributed by atoms with Gasteiger partial charge in [0.05, 0.1) is 18.7 Å². The summed E-state index contributed by atoms with van der Waals surface area (Å²) >= 11 is 3.47. The number of benzene rings is 1. The van der Waals surface area contributed by atoms with Crippen LogP contribution in [0.25, 0.3) is 0 Å². The molecule has 2 N–H and O–H groups in total. The van der Waals surface area contributed by atoms with Crippen molar-refractivity contribution in [3.63, 3.8) is 0 Å². The van der Waals surface area contributed by atoms with Gasteiger partial charge >= 0.3 is 0 Å². The zero-order valence-corrected chi connectivity index (χ0v) is 12.4. The van der Waals surface area contributed by atoms with Gasteiger partial charge in [-0.05, 0) is 34.5 Å². The van der Waals surface area contributed by atoms with E-state index in [1.807, 2.05) is 12.1 Å². The highest BCUT2D eigenvalue weighted by molar-refractivity contribution is 9.10. The zero-order valence-electron chi connectivity index (χ0n) is 10.8. The van der Waals surface area contributed by atoms with E-state index in [2.05, 4.69) is 20.8 Å². The number of hydrogen-bond donors (Lipinski definition) is 1. The van der Waals surface area contributed by atoms with E-state index < -0.39 is 0 Å². The summed E-state index contributed by atoms with van der Waals surface area (Å²) in [4.78, 5) is 2.34. The Balaban J connectivity index is 2.20. The molecule has 100 valence electrons. The first-order chi connectivity index (χ1) is 8.63. The van der Waals surface area contributed by atoms with Crippen LogP contribution in [0.1, 0.15) is 12.0 Å². The molecule has 1 aromatic rings. The molecule has 0 bridgehead atoms. The molecule has 1 fully saturated rings. The second kappa shape index (κ2) is 5.91. The lowest BCUT2D eigenvalue weighted by molar-refractivity contribution is 0.315. The van der Waals surface area contributed by atoms with Crippen molar-refractivity contribution in [1.82, 2.24) is 4.90 Å². The summed E-state index contributed by atoms with van der Waals surface area (Å²) in [5.74, 6) is 1.71. The third-order valence-electron chi connectivity index (χ3n) is 3.26. The van der Waals surface area contributed by atoms with E-state index in [9.17, 15) is 0 Å². The van der Waals surface area contributed by atoms with Gasteiger partial charge in [-0.25, -0.2) is 0 Å². The number of likely N-dealkylation sites (tertiary alicyclic amines) is 1. The summed E-state index contributed by atoms with van der Waals surface area (Å²) in [6.45, 7) is 2.84. The van der Waals surface area contributed by atoms with Crippen LogP contribution in [0.15, 0.2) is 16.6 Å². The van der Waals surface area contributed by atoms with E-state index in [1.165, 1.54) is 0 Å². The van der Waals surface area contributed by atoms with Crippen LogP contribution in [0.3, 0.4) is 0 Å². The van der Waals surface area contributed by atoms with Crippen LogP contribution in [0, 0.1) is 0 Å². The van der Waals surface area contributed by atoms with Crippen molar-refractivity contribution in [3.05, 3.63) is 22.2 Å². The summed E-state index contributed by atoms with van der Waals surface area (Å²) in [5.41, 5.74) is 7.06. The molecule has 4 nitrogen and oxygen atoms in total. The first-order valence-corrected chi connectivity index (χ1v) is 6.81. The van der Waals surface area contributed by atoms with Crippen LogP contribution in [0.2, 0.25) is 0 Å². The monoisotopic (exact) mass is 314 g/mol. The molecule has 0 aliphatic carbocycles. The van der Waals surface area contributed by atoms with E-state index in [1.54, 1.807) is 14.2 Å². The van der Waals surface area contributed by atoms with Gasteiger partial charge in [-0.2, -0.15) is 0 Å². The van der Waals surface area contributed by atoms with Crippen molar-refractivity contribution in [2.75, 3.05) is 27.3 Å².